The fourth-order valence-electron chi connectivity index (χ4n) is 1.04. The maximum absolute atomic E-state index is 9.18. The van der Waals surface area contributed by atoms with Crippen molar-refractivity contribution >= 4 is 0 Å². The Morgan fingerprint density at radius 1 is 1.36 bits per heavy atom. The average Bonchev–Trinajstić information content (AvgIpc) is 2.17. The minimum Gasteiger partial charge on any atom is -0.394 e. The third-order valence-corrected chi connectivity index (χ3v) is 1.86. The number of hydrogen-bond donors (Lipinski definition) is 3. The van der Waals surface area contributed by atoms with Gasteiger partial charge in [-0.15, -0.1) is 0 Å². The second-order valence-corrected chi connectivity index (χ2v) is 2.60. The van der Waals surface area contributed by atoms with Gasteiger partial charge in [-0.1, -0.05) is 6.92 Å². The van der Waals surface area contributed by atoms with Gasteiger partial charge in [-0.25, -0.2) is 0 Å². The molecule has 4 unspecified atom stereocenters. The topological polar surface area (TPSA) is 69.9 Å². The normalized spacial score (nSPS) is 43.6. The fraction of sp³-hybridized carbons (Fsp3) is 1.00. The second kappa shape index (κ2) is 4.85. The van der Waals surface area contributed by atoms with E-state index in [0.717, 1.165) is 0 Å². The van der Waals surface area contributed by atoms with Gasteiger partial charge in [0.25, 0.3) is 0 Å². The first-order chi connectivity index (χ1) is 4.66. The van der Waals surface area contributed by atoms with Crippen LogP contribution < -0.4 is 0 Å². The van der Waals surface area contributed by atoms with Crippen molar-refractivity contribution in [2.24, 2.45) is 5.92 Å². The SMILES string of the molecule is CC1C(O)OC(CO)C1O.[Y]. The Morgan fingerprint density at radius 3 is 2.09 bits per heavy atom. The number of aliphatic hydroxyl groups excluding tert-OH is 3. The molecule has 0 aromatic rings. The first-order valence-corrected chi connectivity index (χ1v) is 3.29. The van der Waals surface area contributed by atoms with E-state index in [1.165, 1.54) is 0 Å². The third kappa shape index (κ3) is 2.44. The fourth-order valence-corrected chi connectivity index (χ4v) is 1.04. The molecule has 4 nitrogen and oxygen atoms in total. The minimum absolute atomic E-state index is 0. The Morgan fingerprint density at radius 2 is 1.91 bits per heavy atom. The number of hydrogen-bond acceptors (Lipinski definition) is 4. The van der Waals surface area contributed by atoms with Crippen LogP contribution in [0.4, 0.5) is 0 Å². The van der Waals surface area contributed by atoms with Crippen LogP contribution in [0.5, 0.6) is 0 Å². The summed E-state index contributed by atoms with van der Waals surface area (Å²) in [5.41, 5.74) is 0. The largest absolute Gasteiger partial charge is 0.394 e. The zero-order chi connectivity index (χ0) is 7.72. The van der Waals surface area contributed by atoms with Gasteiger partial charge in [-0.2, -0.15) is 0 Å². The van der Waals surface area contributed by atoms with Crippen molar-refractivity contribution < 1.29 is 52.8 Å². The molecule has 0 saturated carbocycles. The first kappa shape index (κ1) is 11.9. The van der Waals surface area contributed by atoms with Crippen LogP contribution in [0.2, 0.25) is 0 Å². The molecule has 0 bridgehead atoms. The zero-order valence-electron chi connectivity index (χ0n) is 6.34. The van der Waals surface area contributed by atoms with Crippen molar-refractivity contribution in [2.45, 2.75) is 25.4 Å². The van der Waals surface area contributed by atoms with Crippen molar-refractivity contribution in [3.63, 3.8) is 0 Å². The van der Waals surface area contributed by atoms with Crippen LogP contribution in [-0.4, -0.2) is 40.4 Å². The Labute approximate surface area is 90.4 Å². The van der Waals surface area contributed by atoms with E-state index in [9.17, 15) is 5.11 Å². The summed E-state index contributed by atoms with van der Waals surface area (Å²) in [5, 5.41) is 26.7. The van der Waals surface area contributed by atoms with Gasteiger partial charge >= 0.3 is 0 Å². The van der Waals surface area contributed by atoms with Crippen LogP contribution in [0.3, 0.4) is 0 Å². The number of ether oxygens (including phenoxy) is 1. The maximum atomic E-state index is 9.18. The smallest absolute Gasteiger partial charge is 0.160 e. The van der Waals surface area contributed by atoms with Crippen molar-refractivity contribution in [3.8, 4) is 0 Å². The third-order valence-electron chi connectivity index (χ3n) is 1.86. The Balaban J connectivity index is 0.000001000. The van der Waals surface area contributed by atoms with Gasteiger partial charge in [0.2, 0.25) is 0 Å². The van der Waals surface area contributed by atoms with Crippen LogP contribution in [0, 0.1) is 5.92 Å². The molecule has 1 aliphatic rings. The molecule has 5 heteroatoms. The van der Waals surface area contributed by atoms with Crippen LogP contribution in [0.25, 0.3) is 0 Å². The number of aliphatic hydroxyl groups is 3. The van der Waals surface area contributed by atoms with E-state index in [1.807, 2.05) is 0 Å². The van der Waals surface area contributed by atoms with Gasteiger partial charge in [0.1, 0.15) is 6.10 Å². The number of rotatable bonds is 1. The quantitative estimate of drug-likeness (QED) is 0.529. The van der Waals surface area contributed by atoms with Gasteiger partial charge < -0.3 is 20.1 Å². The summed E-state index contributed by atoms with van der Waals surface area (Å²) in [4.78, 5) is 0. The molecule has 1 fully saturated rings. The summed E-state index contributed by atoms with van der Waals surface area (Å²) < 4.78 is 4.79. The van der Waals surface area contributed by atoms with E-state index in [0.29, 0.717) is 0 Å². The van der Waals surface area contributed by atoms with E-state index >= 15 is 0 Å². The summed E-state index contributed by atoms with van der Waals surface area (Å²) in [6.45, 7) is 1.42. The van der Waals surface area contributed by atoms with Gasteiger partial charge in [0, 0.05) is 38.6 Å². The van der Waals surface area contributed by atoms with Gasteiger partial charge in [0.05, 0.1) is 12.7 Å². The van der Waals surface area contributed by atoms with E-state index in [-0.39, 0.29) is 45.2 Å². The zero-order valence-corrected chi connectivity index (χ0v) is 9.18. The van der Waals surface area contributed by atoms with Crippen molar-refractivity contribution in [1.29, 1.82) is 0 Å². The van der Waals surface area contributed by atoms with E-state index in [4.69, 9.17) is 14.9 Å². The summed E-state index contributed by atoms with van der Waals surface area (Å²) >= 11 is 0. The van der Waals surface area contributed by atoms with Crippen molar-refractivity contribution in [1.82, 2.24) is 0 Å². The van der Waals surface area contributed by atoms with E-state index in [1.54, 1.807) is 6.92 Å². The summed E-state index contributed by atoms with van der Waals surface area (Å²) in [6, 6.07) is 0. The van der Waals surface area contributed by atoms with Crippen LogP contribution in [-0.2, 0) is 37.4 Å². The van der Waals surface area contributed by atoms with Gasteiger partial charge in [-0.3, -0.25) is 0 Å². The van der Waals surface area contributed by atoms with Gasteiger partial charge in [-0.05, 0) is 0 Å². The Hall–Kier alpha value is 0.944. The molecule has 63 valence electrons. The molecule has 0 aromatic heterocycles. The van der Waals surface area contributed by atoms with Crippen LogP contribution in [0.15, 0.2) is 0 Å². The molecule has 3 N–H and O–H groups in total. The van der Waals surface area contributed by atoms with Crippen molar-refractivity contribution in [3.05, 3.63) is 0 Å². The molecule has 1 saturated heterocycles. The van der Waals surface area contributed by atoms with Gasteiger partial charge in [0.15, 0.2) is 6.29 Å². The average molecular weight is 237 g/mol. The molecular weight excluding hydrogens is 225 g/mol. The predicted octanol–water partition coefficient (Wildman–Crippen LogP) is -1.31. The molecular formula is C6H12O4Y. The first-order valence-electron chi connectivity index (χ1n) is 3.29. The van der Waals surface area contributed by atoms with E-state index in [2.05, 4.69) is 0 Å². The summed E-state index contributed by atoms with van der Waals surface area (Å²) in [7, 11) is 0. The minimum atomic E-state index is -0.938. The Bertz CT molecular complexity index is 121. The summed E-state index contributed by atoms with van der Waals surface area (Å²) in [6.07, 6.45) is -2.31. The monoisotopic (exact) mass is 237 g/mol. The molecule has 1 heterocycles. The van der Waals surface area contributed by atoms with E-state index < -0.39 is 18.5 Å². The summed E-state index contributed by atoms with van der Waals surface area (Å²) in [5.74, 6) is -0.308. The molecule has 0 aromatic carbocycles. The molecule has 0 aliphatic carbocycles. The van der Waals surface area contributed by atoms with Crippen molar-refractivity contribution in [2.75, 3.05) is 6.61 Å². The molecule has 1 aliphatic heterocycles. The maximum Gasteiger partial charge on any atom is 0.160 e. The predicted molar refractivity (Wildman–Crippen MR) is 33.1 cm³/mol. The molecule has 0 spiro atoms. The second-order valence-electron chi connectivity index (χ2n) is 2.60. The van der Waals surface area contributed by atoms with Crippen LogP contribution in [0.1, 0.15) is 6.92 Å². The Kier molecular flexibility index (Phi) is 5.26. The molecule has 1 rings (SSSR count). The molecule has 0 amide bonds. The van der Waals surface area contributed by atoms with Crippen LogP contribution >= 0.6 is 0 Å². The molecule has 11 heavy (non-hydrogen) atoms. The molecule has 1 radical (unpaired) electrons. The standard InChI is InChI=1S/C6H12O4.Y/c1-3-5(8)4(2-7)10-6(3)9;/h3-9H,2H2,1H3;. The molecule has 4 atom stereocenters.